The van der Waals surface area contributed by atoms with Gasteiger partial charge in [0, 0.05) is 12.8 Å². The SMILES string of the molecule is C[CH]C1CCC(=O)C1. The highest BCUT2D eigenvalue weighted by atomic mass is 16.1. The lowest BCUT2D eigenvalue weighted by Gasteiger charge is -1.98. The Bertz CT molecular complexity index is 96.6. The Morgan fingerprint density at radius 2 is 2.50 bits per heavy atom. The molecule has 1 heteroatoms. The highest BCUT2D eigenvalue weighted by Crippen LogP contribution is 2.23. The Hall–Kier alpha value is -0.330. The summed E-state index contributed by atoms with van der Waals surface area (Å²) >= 11 is 0. The van der Waals surface area contributed by atoms with Gasteiger partial charge in [0.25, 0.3) is 0 Å². The van der Waals surface area contributed by atoms with Gasteiger partial charge < -0.3 is 0 Å². The van der Waals surface area contributed by atoms with Gasteiger partial charge in [0.2, 0.25) is 0 Å². The molecule has 1 atom stereocenters. The van der Waals surface area contributed by atoms with Crippen LogP contribution in [-0.2, 0) is 4.79 Å². The molecule has 1 unspecified atom stereocenters. The molecule has 0 bridgehead atoms. The van der Waals surface area contributed by atoms with E-state index < -0.39 is 0 Å². The van der Waals surface area contributed by atoms with Crippen molar-refractivity contribution in [3.8, 4) is 0 Å². The Morgan fingerprint density at radius 3 is 2.75 bits per heavy atom. The molecule has 1 radical (unpaired) electrons. The second kappa shape index (κ2) is 2.29. The van der Waals surface area contributed by atoms with Gasteiger partial charge in [0.15, 0.2) is 0 Å². The van der Waals surface area contributed by atoms with Crippen molar-refractivity contribution in [2.45, 2.75) is 26.2 Å². The number of ketones is 1. The first-order chi connectivity index (χ1) is 3.83. The molecular weight excluding hydrogens is 100 g/mol. The van der Waals surface area contributed by atoms with E-state index in [-0.39, 0.29) is 0 Å². The van der Waals surface area contributed by atoms with E-state index in [1.807, 2.05) is 6.92 Å². The molecule has 0 saturated heterocycles. The first-order valence-electron chi connectivity index (χ1n) is 3.14. The van der Waals surface area contributed by atoms with E-state index >= 15 is 0 Å². The molecule has 0 aromatic heterocycles. The van der Waals surface area contributed by atoms with Crippen molar-refractivity contribution in [1.82, 2.24) is 0 Å². The monoisotopic (exact) mass is 111 g/mol. The fraction of sp³-hybridized carbons (Fsp3) is 0.714. The van der Waals surface area contributed by atoms with Crippen molar-refractivity contribution in [2.75, 3.05) is 0 Å². The highest BCUT2D eigenvalue weighted by molar-refractivity contribution is 5.80. The number of carbonyl (C=O) groups excluding carboxylic acids is 1. The Balaban J connectivity index is 2.32. The summed E-state index contributed by atoms with van der Waals surface area (Å²) in [5.74, 6) is 1.04. The summed E-state index contributed by atoms with van der Waals surface area (Å²) < 4.78 is 0. The lowest BCUT2D eigenvalue weighted by molar-refractivity contribution is -0.117. The standard InChI is InChI=1S/C7H11O/c1-2-6-3-4-7(8)5-6/h2,6H,3-5H2,1H3. The van der Waals surface area contributed by atoms with Crippen LogP contribution in [0.4, 0.5) is 0 Å². The minimum atomic E-state index is 0.438. The topological polar surface area (TPSA) is 17.1 Å². The molecule has 45 valence electrons. The summed E-state index contributed by atoms with van der Waals surface area (Å²) in [5, 5.41) is 0. The molecular formula is C7H11O. The Labute approximate surface area is 50.1 Å². The van der Waals surface area contributed by atoms with Gasteiger partial charge in [-0.15, -0.1) is 0 Å². The number of carbonyl (C=O) groups is 1. The second-order valence-electron chi connectivity index (χ2n) is 2.37. The molecule has 1 saturated carbocycles. The molecule has 1 fully saturated rings. The van der Waals surface area contributed by atoms with Gasteiger partial charge in [-0.3, -0.25) is 4.79 Å². The van der Waals surface area contributed by atoms with Crippen LogP contribution in [0.15, 0.2) is 0 Å². The third-order valence-electron chi connectivity index (χ3n) is 1.76. The molecule has 0 spiro atoms. The number of hydrogen-bond acceptors (Lipinski definition) is 1. The molecule has 0 amide bonds. The van der Waals surface area contributed by atoms with Crippen molar-refractivity contribution >= 4 is 5.78 Å². The van der Waals surface area contributed by atoms with Gasteiger partial charge in [-0.1, -0.05) is 6.92 Å². The predicted octanol–water partition coefficient (Wildman–Crippen LogP) is 1.58. The van der Waals surface area contributed by atoms with Crippen molar-refractivity contribution in [2.24, 2.45) is 5.92 Å². The maximum atomic E-state index is 10.6. The predicted molar refractivity (Wildman–Crippen MR) is 32.3 cm³/mol. The molecule has 0 N–H and O–H groups in total. The molecule has 1 aliphatic rings. The van der Waals surface area contributed by atoms with Crippen molar-refractivity contribution in [3.63, 3.8) is 0 Å². The van der Waals surface area contributed by atoms with Gasteiger partial charge in [0.1, 0.15) is 5.78 Å². The van der Waals surface area contributed by atoms with Gasteiger partial charge in [-0.05, 0) is 18.8 Å². The molecule has 0 aromatic carbocycles. The van der Waals surface area contributed by atoms with Crippen LogP contribution in [0.3, 0.4) is 0 Å². The van der Waals surface area contributed by atoms with Gasteiger partial charge in [0.05, 0.1) is 0 Å². The summed E-state index contributed by atoms with van der Waals surface area (Å²) in [5.41, 5.74) is 0. The number of hydrogen-bond donors (Lipinski definition) is 0. The fourth-order valence-corrected chi connectivity index (χ4v) is 1.13. The van der Waals surface area contributed by atoms with Crippen LogP contribution in [0.5, 0.6) is 0 Å². The van der Waals surface area contributed by atoms with Crippen LogP contribution < -0.4 is 0 Å². The van der Waals surface area contributed by atoms with E-state index in [1.165, 1.54) is 0 Å². The quantitative estimate of drug-likeness (QED) is 0.502. The van der Waals surface area contributed by atoms with Crippen LogP contribution in [0, 0.1) is 12.3 Å². The Morgan fingerprint density at radius 1 is 1.75 bits per heavy atom. The van der Waals surface area contributed by atoms with E-state index in [0.29, 0.717) is 11.7 Å². The average molecular weight is 111 g/mol. The number of rotatable bonds is 1. The van der Waals surface area contributed by atoms with Gasteiger partial charge in [-0.25, -0.2) is 0 Å². The summed E-state index contributed by atoms with van der Waals surface area (Å²) in [6.07, 6.45) is 4.84. The first-order valence-corrected chi connectivity index (χ1v) is 3.14. The van der Waals surface area contributed by atoms with E-state index in [9.17, 15) is 4.79 Å². The van der Waals surface area contributed by atoms with Crippen LogP contribution in [0.1, 0.15) is 26.2 Å². The van der Waals surface area contributed by atoms with E-state index in [4.69, 9.17) is 0 Å². The van der Waals surface area contributed by atoms with E-state index in [1.54, 1.807) is 0 Å². The lowest BCUT2D eigenvalue weighted by Crippen LogP contribution is -1.92. The summed E-state index contributed by atoms with van der Waals surface area (Å²) in [4.78, 5) is 10.6. The number of Topliss-reactive ketones (excluding diaryl/α,β-unsaturated/α-hetero) is 1. The van der Waals surface area contributed by atoms with Gasteiger partial charge in [-0.2, -0.15) is 0 Å². The maximum absolute atomic E-state index is 10.6. The van der Waals surface area contributed by atoms with Crippen LogP contribution in [0.2, 0.25) is 0 Å². The van der Waals surface area contributed by atoms with Crippen molar-refractivity contribution in [3.05, 3.63) is 6.42 Å². The molecule has 1 nitrogen and oxygen atoms in total. The molecule has 1 rings (SSSR count). The minimum absolute atomic E-state index is 0.438. The van der Waals surface area contributed by atoms with E-state index in [2.05, 4.69) is 6.42 Å². The second-order valence-corrected chi connectivity index (χ2v) is 2.37. The normalized spacial score (nSPS) is 29.1. The first kappa shape index (κ1) is 5.80. The summed E-state index contributed by atoms with van der Waals surface area (Å²) in [7, 11) is 0. The molecule has 1 aliphatic carbocycles. The minimum Gasteiger partial charge on any atom is -0.300 e. The third kappa shape index (κ3) is 1.09. The Kier molecular flexibility index (Phi) is 1.66. The average Bonchev–Trinajstić information content (AvgIpc) is 2.14. The summed E-state index contributed by atoms with van der Waals surface area (Å²) in [6.45, 7) is 2.03. The molecule has 0 aliphatic heterocycles. The molecule has 0 aromatic rings. The van der Waals surface area contributed by atoms with Gasteiger partial charge >= 0.3 is 0 Å². The van der Waals surface area contributed by atoms with E-state index in [0.717, 1.165) is 19.3 Å². The zero-order valence-electron chi connectivity index (χ0n) is 5.18. The maximum Gasteiger partial charge on any atom is 0.133 e. The van der Waals surface area contributed by atoms with Crippen molar-refractivity contribution in [1.29, 1.82) is 0 Å². The van der Waals surface area contributed by atoms with Crippen LogP contribution in [-0.4, -0.2) is 5.78 Å². The summed E-state index contributed by atoms with van der Waals surface area (Å²) in [6, 6.07) is 0. The molecule has 8 heavy (non-hydrogen) atoms. The molecule has 0 heterocycles. The lowest BCUT2D eigenvalue weighted by atomic mass is 10.1. The van der Waals surface area contributed by atoms with Crippen LogP contribution in [0.25, 0.3) is 0 Å². The fourth-order valence-electron chi connectivity index (χ4n) is 1.13. The third-order valence-corrected chi connectivity index (χ3v) is 1.76. The smallest absolute Gasteiger partial charge is 0.133 e. The van der Waals surface area contributed by atoms with Crippen molar-refractivity contribution < 1.29 is 4.79 Å². The van der Waals surface area contributed by atoms with Crippen LogP contribution >= 0.6 is 0 Å². The highest BCUT2D eigenvalue weighted by Gasteiger charge is 2.19. The zero-order valence-corrected chi connectivity index (χ0v) is 5.18. The largest absolute Gasteiger partial charge is 0.300 e. The zero-order chi connectivity index (χ0) is 5.98.